The fraction of sp³-hybridized carbons (Fsp3) is 0.652. The van der Waals surface area contributed by atoms with E-state index in [-0.39, 0.29) is 29.9 Å². The highest BCUT2D eigenvalue weighted by molar-refractivity contribution is 6.30. The van der Waals surface area contributed by atoms with E-state index in [4.69, 9.17) is 16.3 Å². The van der Waals surface area contributed by atoms with Crippen molar-refractivity contribution in [2.24, 2.45) is 23.7 Å². The van der Waals surface area contributed by atoms with Crippen molar-refractivity contribution in [1.82, 2.24) is 5.32 Å². The number of nitrogens with one attached hydrogen (secondary N) is 1. The fourth-order valence-electron chi connectivity index (χ4n) is 6.29. The summed E-state index contributed by atoms with van der Waals surface area (Å²) in [6.07, 6.45) is 7.29. The monoisotopic (exact) mass is 403 g/mol. The first-order chi connectivity index (χ1) is 13.3. The topological polar surface area (TPSA) is 55.4 Å². The maximum absolute atomic E-state index is 12.7. The first-order valence-electron chi connectivity index (χ1n) is 10.6. The summed E-state index contributed by atoms with van der Waals surface area (Å²) in [5.74, 6) is 1.47. The van der Waals surface area contributed by atoms with Gasteiger partial charge in [-0.05, 0) is 79.9 Å². The van der Waals surface area contributed by atoms with E-state index in [1.165, 1.54) is 19.3 Å². The van der Waals surface area contributed by atoms with Crippen molar-refractivity contribution < 1.29 is 14.3 Å². The van der Waals surface area contributed by atoms with Gasteiger partial charge in [0.05, 0.1) is 5.92 Å². The van der Waals surface area contributed by atoms with Crippen LogP contribution in [-0.2, 0) is 14.3 Å². The predicted molar refractivity (Wildman–Crippen MR) is 109 cm³/mol. The van der Waals surface area contributed by atoms with Crippen molar-refractivity contribution in [3.63, 3.8) is 0 Å². The van der Waals surface area contributed by atoms with Crippen molar-refractivity contribution in [1.29, 1.82) is 0 Å². The largest absolute Gasteiger partial charge is 0.455 e. The zero-order chi connectivity index (χ0) is 19.9. The van der Waals surface area contributed by atoms with Gasteiger partial charge in [0.2, 0.25) is 0 Å². The van der Waals surface area contributed by atoms with Crippen molar-refractivity contribution in [3.05, 3.63) is 34.9 Å². The molecule has 0 aliphatic heterocycles. The van der Waals surface area contributed by atoms with E-state index in [1.807, 2.05) is 26.0 Å². The molecule has 4 bridgehead atoms. The number of hydrogen-bond donors (Lipinski definition) is 1. The normalized spacial score (nSPS) is 31.6. The first-order valence-corrected chi connectivity index (χ1v) is 10.9. The smallest absolute Gasteiger partial charge is 0.314 e. The summed E-state index contributed by atoms with van der Waals surface area (Å²) in [5.41, 5.74) is 0.817. The molecule has 0 radical (unpaired) electrons. The van der Waals surface area contributed by atoms with E-state index in [2.05, 4.69) is 5.32 Å². The lowest BCUT2D eigenvalue weighted by atomic mass is 9.53. The average molecular weight is 404 g/mol. The second-order valence-corrected chi connectivity index (χ2v) is 10.1. The molecule has 28 heavy (non-hydrogen) atoms. The Morgan fingerprint density at radius 1 is 1.07 bits per heavy atom. The zero-order valence-corrected chi connectivity index (χ0v) is 17.5. The minimum atomic E-state index is -0.399. The van der Waals surface area contributed by atoms with Crippen LogP contribution >= 0.6 is 11.6 Å². The van der Waals surface area contributed by atoms with Crippen LogP contribution in [0.2, 0.25) is 5.02 Å². The van der Waals surface area contributed by atoms with Crippen LogP contribution in [0.4, 0.5) is 0 Å². The van der Waals surface area contributed by atoms with E-state index in [9.17, 15) is 9.59 Å². The molecule has 0 saturated heterocycles. The molecule has 1 aromatic carbocycles. The van der Waals surface area contributed by atoms with Gasteiger partial charge in [-0.15, -0.1) is 0 Å². The fourth-order valence-corrected chi connectivity index (χ4v) is 6.41. The molecule has 1 amide bonds. The highest BCUT2D eigenvalue weighted by Crippen LogP contribution is 2.55. The lowest BCUT2D eigenvalue weighted by molar-refractivity contribution is -0.152. The number of rotatable bonds is 6. The Morgan fingerprint density at radius 2 is 1.61 bits per heavy atom. The number of halogens is 1. The molecule has 0 aromatic heterocycles. The van der Waals surface area contributed by atoms with E-state index in [1.54, 1.807) is 12.1 Å². The maximum Gasteiger partial charge on any atom is 0.314 e. The molecule has 4 fully saturated rings. The SMILES string of the molecule is CC(C)[C@@H](C(=O)OCC(=O)NC12CC3CC(CC(C3)C1)C2)c1ccc(Cl)cc1. The quantitative estimate of drug-likeness (QED) is 0.700. The highest BCUT2D eigenvalue weighted by atomic mass is 35.5. The molecule has 4 aliphatic rings. The van der Waals surface area contributed by atoms with E-state index in [0.717, 1.165) is 42.6 Å². The number of hydrogen-bond acceptors (Lipinski definition) is 3. The molecule has 1 N–H and O–H groups in total. The molecule has 4 saturated carbocycles. The van der Waals surface area contributed by atoms with Gasteiger partial charge in [-0.25, -0.2) is 0 Å². The Balaban J connectivity index is 1.35. The van der Waals surface area contributed by atoms with Crippen molar-refractivity contribution in [2.75, 3.05) is 6.61 Å². The molecule has 0 spiro atoms. The highest BCUT2D eigenvalue weighted by Gasteiger charge is 2.51. The number of carbonyl (C=O) groups excluding carboxylic acids is 2. The van der Waals surface area contributed by atoms with Crippen LogP contribution in [0, 0.1) is 23.7 Å². The van der Waals surface area contributed by atoms with E-state index >= 15 is 0 Å². The third kappa shape index (κ3) is 4.07. The van der Waals surface area contributed by atoms with Gasteiger partial charge in [0.1, 0.15) is 0 Å². The number of esters is 1. The van der Waals surface area contributed by atoms with Gasteiger partial charge in [-0.2, -0.15) is 0 Å². The summed E-state index contributed by atoms with van der Waals surface area (Å²) in [5, 5.41) is 3.90. The number of amides is 1. The van der Waals surface area contributed by atoms with Crippen LogP contribution < -0.4 is 5.32 Å². The minimum Gasteiger partial charge on any atom is -0.455 e. The molecule has 0 heterocycles. The summed E-state index contributed by atoms with van der Waals surface area (Å²) in [6, 6.07) is 7.26. The third-order valence-corrected chi connectivity index (χ3v) is 7.19. The second kappa shape index (κ2) is 7.70. The van der Waals surface area contributed by atoms with Crippen LogP contribution in [0.25, 0.3) is 0 Å². The van der Waals surface area contributed by atoms with Gasteiger partial charge in [0, 0.05) is 10.6 Å². The van der Waals surface area contributed by atoms with Crippen molar-refractivity contribution in [2.45, 2.75) is 63.8 Å². The molecule has 5 rings (SSSR count). The first kappa shape index (κ1) is 19.8. The summed E-state index contributed by atoms with van der Waals surface area (Å²) in [6.45, 7) is 3.77. The number of ether oxygens (including phenoxy) is 1. The molecule has 4 nitrogen and oxygen atoms in total. The molecular weight excluding hydrogens is 374 g/mol. The second-order valence-electron chi connectivity index (χ2n) is 9.63. The van der Waals surface area contributed by atoms with E-state index in [0.29, 0.717) is 5.02 Å². The predicted octanol–water partition coefficient (Wildman–Crippen LogP) is 4.71. The molecular formula is C23H30ClNO3. The zero-order valence-electron chi connectivity index (χ0n) is 16.7. The molecule has 0 unspecified atom stereocenters. The minimum absolute atomic E-state index is 0.0497. The van der Waals surface area contributed by atoms with Crippen LogP contribution in [0.5, 0.6) is 0 Å². The van der Waals surface area contributed by atoms with Gasteiger partial charge in [-0.3, -0.25) is 9.59 Å². The molecule has 152 valence electrons. The Hall–Kier alpha value is -1.55. The van der Waals surface area contributed by atoms with Gasteiger partial charge in [-0.1, -0.05) is 37.6 Å². The van der Waals surface area contributed by atoms with Crippen LogP contribution in [0.3, 0.4) is 0 Å². The molecule has 4 aliphatic carbocycles. The standard InChI is InChI=1S/C23H30ClNO3/c1-14(2)21(18-3-5-19(24)6-4-18)22(27)28-13-20(26)25-23-10-15-7-16(11-23)9-17(8-15)12-23/h3-6,14-17,21H,7-13H2,1-2H3,(H,25,26)/t15?,16?,17?,21-,23?/m1/s1. The Labute approximate surface area is 172 Å². The Bertz CT molecular complexity index is 707. The maximum atomic E-state index is 12.7. The van der Waals surface area contributed by atoms with Gasteiger partial charge >= 0.3 is 5.97 Å². The summed E-state index contributed by atoms with van der Waals surface area (Å²) in [7, 11) is 0. The van der Waals surface area contributed by atoms with E-state index < -0.39 is 5.92 Å². The Kier molecular flexibility index (Phi) is 5.43. The average Bonchev–Trinajstić information content (AvgIpc) is 2.60. The summed E-state index contributed by atoms with van der Waals surface area (Å²) in [4.78, 5) is 25.3. The van der Waals surface area contributed by atoms with Crippen LogP contribution in [0.15, 0.2) is 24.3 Å². The van der Waals surface area contributed by atoms with Crippen molar-refractivity contribution in [3.8, 4) is 0 Å². The lowest BCUT2D eigenvalue weighted by Crippen LogP contribution is -2.60. The Morgan fingerprint density at radius 3 is 2.11 bits per heavy atom. The van der Waals surface area contributed by atoms with Gasteiger partial charge in [0.25, 0.3) is 5.91 Å². The molecule has 5 heteroatoms. The van der Waals surface area contributed by atoms with Crippen LogP contribution in [-0.4, -0.2) is 24.0 Å². The molecule has 1 aromatic rings. The summed E-state index contributed by atoms with van der Waals surface area (Å²) < 4.78 is 5.44. The third-order valence-electron chi connectivity index (χ3n) is 6.94. The van der Waals surface area contributed by atoms with Gasteiger partial charge in [0.15, 0.2) is 6.61 Å². The number of benzene rings is 1. The van der Waals surface area contributed by atoms with Gasteiger partial charge < -0.3 is 10.1 Å². The lowest BCUT2D eigenvalue weighted by Gasteiger charge is -2.56. The number of carbonyl (C=O) groups is 2. The molecule has 1 atom stereocenters. The van der Waals surface area contributed by atoms with Crippen LogP contribution in [0.1, 0.15) is 63.9 Å². The van der Waals surface area contributed by atoms with Crippen molar-refractivity contribution >= 4 is 23.5 Å². The summed E-state index contributed by atoms with van der Waals surface area (Å²) >= 11 is 5.96.